The summed E-state index contributed by atoms with van der Waals surface area (Å²) in [6, 6.07) is 8.81. The summed E-state index contributed by atoms with van der Waals surface area (Å²) in [5.74, 6) is 0.137. The molecular formula is C18H24N4O4S. The first-order valence-corrected chi connectivity index (χ1v) is 10.9. The lowest BCUT2D eigenvalue weighted by molar-refractivity contribution is 0.102. The summed E-state index contributed by atoms with van der Waals surface area (Å²) in [7, 11) is -3.08. The average Bonchev–Trinajstić information content (AvgIpc) is 3.12. The van der Waals surface area contributed by atoms with Crippen molar-refractivity contribution in [2.45, 2.75) is 18.9 Å². The van der Waals surface area contributed by atoms with Gasteiger partial charge in [-0.15, -0.1) is 0 Å². The quantitative estimate of drug-likeness (QED) is 0.740. The third kappa shape index (κ3) is 5.80. The molecule has 2 N–H and O–H groups in total. The van der Waals surface area contributed by atoms with Crippen LogP contribution in [0.15, 0.2) is 36.5 Å². The zero-order chi connectivity index (χ0) is 19.3. The van der Waals surface area contributed by atoms with E-state index in [2.05, 4.69) is 15.7 Å². The maximum atomic E-state index is 12.4. The number of rotatable bonds is 7. The first-order valence-electron chi connectivity index (χ1n) is 8.88. The zero-order valence-electron chi connectivity index (χ0n) is 15.2. The van der Waals surface area contributed by atoms with Crippen molar-refractivity contribution in [3.8, 4) is 5.75 Å². The maximum absolute atomic E-state index is 12.4. The number of aromatic nitrogens is 2. The topological polar surface area (TPSA) is 102 Å². The minimum absolute atomic E-state index is 0.0585. The summed E-state index contributed by atoms with van der Waals surface area (Å²) in [5.41, 5.74) is 0.912. The number of benzene rings is 1. The Morgan fingerprint density at radius 2 is 2.26 bits per heavy atom. The van der Waals surface area contributed by atoms with Gasteiger partial charge in [0.15, 0.2) is 15.5 Å². The van der Waals surface area contributed by atoms with Crippen LogP contribution in [0.1, 0.15) is 29.4 Å². The predicted molar refractivity (Wildman–Crippen MR) is 103 cm³/mol. The number of nitrogens with zero attached hydrogens (tertiary/aromatic N) is 2. The monoisotopic (exact) mass is 392 g/mol. The van der Waals surface area contributed by atoms with Crippen molar-refractivity contribution in [3.63, 3.8) is 0 Å². The number of hydrogen-bond donors (Lipinski definition) is 2. The molecule has 8 nitrogen and oxygen atoms in total. The molecule has 0 aliphatic carbocycles. The Hall–Kier alpha value is -2.39. The van der Waals surface area contributed by atoms with Gasteiger partial charge in [-0.1, -0.05) is 6.07 Å². The van der Waals surface area contributed by atoms with Gasteiger partial charge in [0.25, 0.3) is 5.91 Å². The van der Waals surface area contributed by atoms with E-state index in [1.165, 1.54) is 0 Å². The second kappa shape index (κ2) is 8.53. The number of amides is 1. The molecule has 146 valence electrons. The van der Waals surface area contributed by atoms with Crippen LogP contribution in [0.3, 0.4) is 0 Å². The second-order valence-corrected chi connectivity index (χ2v) is 8.90. The Kier molecular flexibility index (Phi) is 6.12. The van der Waals surface area contributed by atoms with Crippen molar-refractivity contribution < 1.29 is 17.9 Å². The molecule has 0 spiro atoms. The van der Waals surface area contributed by atoms with Crippen molar-refractivity contribution in [1.29, 1.82) is 0 Å². The number of hydrogen-bond acceptors (Lipinski definition) is 6. The first-order chi connectivity index (χ1) is 12.9. The number of anilines is 1. The number of piperidine rings is 1. The largest absolute Gasteiger partial charge is 0.492 e. The van der Waals surface area contributed by atoms with Gasteiger partial charge in [0.05, 0.1) is 11.8 Å². The van der Waals surface area contributed by atoms with E-state index < -0.39 is 9.84 Å². The molecule has 1 atom stereocenters. The van der Waals surface area contributed by atoms with Gasteiger partial charge in [-0.25, -0.2) is 8.42 Å². The van der Waals surface area contributed by atoms with Crippen molar-refractivity contribution >= 4 is 21.4 Å². The average molecular weight is 392 g/mol. The van der Waals surface area contributed by atoms with E-state index in [1.54, 1.807) is 30.3 Å². The summed E-state index contributed by atoms with van der Waals surface area (Å²) >= 11 is 0. The highest BCUT2D eigenvalue weighted by atomic mass is 32.2. The molecule has 1 fully saturated rings. The number of sulfone groups is 1. The lowest BCUT2D eigenvalue weighted by Crippen LogP contribution is -2.32. The van der Waals surface area contributed by atoms with Gasteiger partial charge in [0.1, 0.15) is 12.4 Å². The standard InChI is InChI=1S/C18H24N4O4S/c1-27(24,25)11-10-26-16-6-2-4-14(12-16)20-18(23)17-7-9-22(21-17)15-5-3-8-19-13-15/h2,4,6-7,9,12,15,19H,3,5,8,10-11,13H2,1H3,(H,20,23). The van der Waals surface area contributed by atoms with Crippen molar-refractivity contribution in [3.05, 3.63) is 42.2 Å². The minimum Gasteiger partial charge on any atom is -0.492 e. The SMILES string of the molecule is CS(=O)(=O)CCOc1cccc(NC(=O)c2ccn(C3CCCNC3)n2)c1. The van der Waals surface area contributed by atoms with Gasteiger partial charge < -0.3 is 15.4 Å². The summed E-state index contributed by atoms with van der Waals surface area (Å²) in [6.45, 7) is 1.94. The van der Waals surface area contributed by atoms with Crippen LogP contribution >= 0.6 is 0 Å². The molecule has 9 heteroatoms. The van der Waals surface area contributed by atoms with E-state index in [4.69, 9.17) is 4.74 Å². The molecule has 1 unspecified atom stereocenters. The molecule has 3 rings (SSSR count). The molecule has 1 aromatic carbocycles. The Morgan fingerprint density at radius 1 is 1.41 bits per heavy atom. The normalized spacial score (nSPS) is 17.4. The van der Waals surface area contributed by atoms with Crippen LogP contribution in [0.4, 0.5) is 5.69 Å². The molecule has 2 aromatic rings. The van der Waals surface area contributed by atoms with Crippen molar-refractivity contribution in [2.24, 2.45) is 0 Å². The summed E-state index contributed by atoms with van der Waals surface area (Å²) in [4.78, 5) is 12.4. The highest BCUT2D eigenvalue weighted by Gasteiger charge is 2.18. The lowest BCUT2D eigenvalue weighted by atomic mass is 10.1. The molecule has 1 aliphatic heterocycles. The van der Waals surface area contributed by atoms with Crippen LogP contribution in [0.25, 0.3) is 0 Å². The molecular weight excluding hydrogens is 368 g/mol. The Balaban J connectivity index is 1.59. The van der Waals surface area contributed by atoms with Crippen LogP contribution in [-0.4, -0.2) is 55.8 Å². The fraction of sp³-hybridized carbons (Fsp3) is 0.444. The van der Waals surface area contributed by atoms with Gasteiger partial charge >= 0.3 is 0 Å². The maximum Gasteiger partial charge on any atom is 0.276 e. The Morgan fingerprint density at radius 3 is 3.00 bits per heavy atom. The summed E-state index contributed by atoms with van der Waals surface area (Å²) in [5, 5.41) is 10.5. The number of ether oxygens (including phenoxy) is 1. The van der Waals surface area contributed by atoms with Gasteiger partial charge in [0.2, 0.25) is 0 Å². The lowest BCUT2D eigenvalue weighted by Gasteiger charge is -2.22. The van der Waals surface area contributed by atoms with E-state index in [1.807, 2.05) is 10.9 Å². The summed E-state index contributed by atoms with van der Waals surface area (Å²) < 4.78 is 29.6. The highest BCUT2D eigenvalue weighted by molar-refractivity contribution is 7.90. The molecule has 1 aromatic heterocycles. The van der Waals surface area contributed by atoms with Crippen LogP contribution in [0, 0.1) is 0 Å². The van der Waals surface area contributed by atoms with Crippen molar-refractivity contribution in [1.82, 2.24) is 15.1 Å². The zero-order valence-corrected chi connectivity index (χ0v) is 16.0. The van der Waals surface area contributed by atoms with E-state index in [9.17, 15) is 13.2 Å². The van der Waals surface area contributed by atoms with Crippen molar-refractivity contribution in [2.75, 3.05) is 37.0 Å². The molecule has 1 aliphatic rings. The van der Waals surface area contributed by atoms with E-state index in [0.29, 0.717) is 17.1 Å². The molecule has 1 saturated heterocycles. The number of carbonyl (C=O) groups excluding carboxylic acids is 1. The smallest absolute Gasteiger partial charge is 0.276 e. The van der Waals surface area contributed by atoms with E-state index in [-0.39, 0.29) is 24.3 Å². The molecule has 2 heterocycles. The highest BCUT2D eigenvalue weighted by Crippen LogP contribution is 2.19. The fourth-order valence-corrected chi connectivity index (χ4v) is 3.28. The van der Waals surface area contributed by atoms with Gasteiger partial charge in [0, 0.05) is 30.8 Å². The second-order valence-electron chi connectivity index (χ2n) is 6.64. The molecule has 27 heavy (non-hydrogen) atoms. The third-order valence-electron chi connectivity index (χ3n) is 4.30. The van der Waals surface area contributed by atoms with Crippen LogP contribution in [0.2, 0.25) is 0 Å². The van der Waals surface area contributed by atoms with Crippen LogP contribution in [-0.2, 0) is 9.84 Å². The van der Waals surface area contributed by atoms with Gasteiger partial charge in [-0.05, 0) is 37.6 Å². The van der Waals surface area contributed by atoms with E-state index in [0.717, 1.165) is 32.2 Å². The number of nitrogens with one attached hydrogen (secondary N) is 2. The molecule has 0 bridgehead atoms. The van der Waals surface area contributed by atoms with Gasteiger partial charge in [-0.2, -0.15) is 5.10 Å². The van der Waals surface area contributed by atoms with Gasteiger partial charge in [-0.3, -0.25) is 9.48 Å². The molecule has 1 amide bonds. The Bertz CT molecular complexity index is 888. The summed E-state index contributed by atoms with van der Waals surface area (Å²) in [6.07, 6.45) is 5.13. The van der Waals surface area contributed by atoms with E-state index >= 15 is 0 Å². The molecule has 0 radical (unpaired) electrons. The number of carbonyl (C=O) groups is 1. The Labute approximate surface area is 158 Å². The molecule has 0 saturated carbocycles. The van der Waals surface area contributed by atoms with Crippen LogP contribution in [0.5, 0.6) is 5.75 Å². The first kappa shape index (κ1) is 19.4. The predicted octanol–water partition coefficient (Wildman–Crippen LogP) is 1.48. The minimum atomic E-state index is -3.08. The third-order valence-corrected chi connectivity index (χ3v) is 5.21. The fourth-order valence-electron chi connectivity index (χ4n) is 2.89. The van der Waals surface area contributed by atoms with Crippen LogP contribution < -0.4 is 15.4 Å².